The van der Waals surface area contributed by atoms with Crippen LogP contribution < -0.4 is 5.32 Å². The minimum Gasteiger partial charge on any atom is -0.326 e. The molecule has 1 aromatic carbocycles. The van der Waals surface area contributed by atoms with Gasteiger partial charge in [-0.25, -0.2) is 0 Å². The topological polar surface area (TPSA) is 29.1 Å². The van der Waals surface area contributed by atoms with Crippen molar-refractivity contribution in [1.82, 2.24) is 0 Å². The molecule has 1 amide bonds. The molecule has 0 heterocycles. The van der Waals surface area contributed by atoms with Crippen LogP contribution in [0.2, 0.25) is 0 Å². The number of hydrogen-bond donors (Lipinski definition) is 1. The van der Waals surface area contributed by atoms with E-state index in [4.69, 9.17) is 0 Å². The Labute approximate surface area is 119 Å². The van der Waals surface area contributed by atoms with E-state index >= 15 is 0 Å². The largest absolute Gasteiger partial charge is 0.326 e. The minimum atomic E-state index is 0.0743. The lowest BCUT2D eigenvalue weighted by Gasteiger charge is -2.13. The molecule has 1 rings (SSSR count). The second kappa shape index (κ2) is 13.1. The molecule has 2 nitrogen and oxygen atoms in total. The third kappa shape index (κ3) is 10.3. The van der Waals surface area contributed by atoms with Gasteiger partial charge in [-0.3, -0.25) is 4.79 Å². The number of amides is 1. The van der Waals surface area contributed by atoms with E-state index in [1.165, 1.54) is 0 Å². The molecule has 1 aromatic rings. The molecule has 1 unspecified atom stereocenters. The van der Waals surface area contributed by atoms with Crippen LogP contribution in [0.25, 0.3) is 0 Å². The summed E-state index contributed by atoms with van der Waals surface area (Å²) in [5, 5.41) is 2.91. The number of carbonyl (C=O) groups excluding carboxylic acids is 1. The molecule has 0 aromatic heterocycles. The van der Waals surface area contributed by atoms with Crippen LogP contribution in [-0.2, 0) is 4.79 Å². The molecular weight excluding hydrogens is 234 g/mol. The van der Waals surface area contributed by atoms with Gasteiger partial charge < -0.3 is 5.32 Å². The third-order valence-corrected chi connectivity index (χ3v) is 2.31. The number of rotatable bonds is 4. The summed E-state index contributed by atoms with van der Waals surface area (Å²) < 4.78 is 0. The number of carbonyl (C=O) groups is 1. The van der Waals surface area contributed by atoms with Gasteiger partial charge in [-0.15, -0.1) is 0 Å². The van der Waals surface area contributed by atoms with E-state index < -0.39 is 0 Å². The fraction of sp³-hybridized carbons (Fsp3) is 0.588. The van der Waals surface area contributed by atoms with E-state index in [0.29, 0.717) is 5.92 Å². The van der Waals surface area contributed by atoms with E-state index in [1.807, 2.05) is 65.0 Å². The molecule has 0 aliphatic heterocycles. The molecule has 0 fully saturated rings. The van der Waals surface area contributed by atoms with Crippen molar-refractivity contribution in [2.24, 2.45) is 11.8 Å². The smallest absolute Gasteiger partial charge is 0.227 e. The Bertz CT molecular complexity index is 306. The molecule has 0 radical (unpaired) electrons. The van der Waals surface area contributed by atoms with Gasteiger partial charge in [0.05, 0.1) is 0 Å². The van der Waals surface area contributed by atoms with Crippen molar-refractivity contribution < 1.29 is 4.79 Å². The van der Waals surface area contributed by atoms with Gasteiger partial charge in [0, 0.05) is 11.6 Å². The van der Waals surface area contributed by atoms with Crippen molar-refractivity contribution >= 4 is 11.6 Å². The Kier molecular flexibility index (Phi) is 13.8. The Balaban J connectivity index is 0. The zero-order valence-corrected chi connectivity index (χ0v) is 13.7. The van der Waals surface area contributed by atoms with E-state index in [2.05, 4.69) is 19.2 Å². The number of para-hydroxylation sites is 1. The normalized spacial score (nSPS) is 10.5. The molecule has 0 aliphatic rings. The first-order valence-electron chi connectivity index (χ1n) is 7.45. The van der Waals surface area contributed by atoms with Crippen LogP contribution in [0.1, 0.15) is 54.9 Å². The summed E-state index contributed by atoms with van der Waals surface area (Å²) >= 11 is 0. The average Bonchev–Trinajstić information content (AvgIpc) is 2.43. The average molecular weight is 265 g/mol. The summed E-state index contributed by atoms with van der Waals surface area (Å²) in [4.78, 5) is 11.7. The van der Waals surface area contributed by atoms with Crippen LogP contribution in [0, 0.1) is 11.8 Å². The lowest BCUT2D eigenvalue weighted by Crippen LogP contribution is -2.21. The summed E-state index contributed by atoms with van der Waals surface area (Å²) in [5.41, 5.74) is 0.873. The van der Waals surface area contributed by atoms with Crippen molar-refractivity contribution in [1.29, 1.82) is 0 Å². The van der Waals surface area contributed by atoms with Crippen molar-refractivity contribution in [3.63, 3.8) is 0 Å². The lowest BCUT2D eigenvalue weighted by molar-refractivity contribution is -0.119. The minimum absolute atomic E-state index is 0.0743. The van der Waals surface area contributed by atoms with Gasteiger partial charge in [-0.05, 0) is 24.5 Å². The molecule has 1 N–H and O–H groups in total. The maximum atomic E-state index is 11.7. The Morgan fingerprint density at radius 2 is 1.47 bits per heavy atom. The number of hydrogen-bond acceptors (Lipinski definition) is 1. The highest BCUT2D eigenvalue weighted by molar-refractivity contribution is 5.92. The molecule has 0 saturated heterocycles. The molecule has 0 spiro atoms. The Morgan fingerprint density at radius 1 is 1.00 bits per heavy atom. The van der Waals surface area contributed by atoms with E-state index in [1.54, 1.807) is 0 Å². The second-order valence-electron chi connectivity index (χ2n) is 4.39. The zero-order valence-electron chi connectivity index (χ0n) is 13.7. The number of nitrogens with one attached hydrogen (secondary N) is 1. The standard InChI is InChI=1S/C13H19NO.2C2H6/c1-10(2)9-11(3)13(15)14-12-7-5-4-6-8-12;2*1-2/h4-8,10-11H,9H2,1-3H3,(H,14,15);2*1-2H3. The molecule has 19 heavy (non-hydrogen) atoms. The van der Waals surface area contributed by atoms with Crippen LogP contribution >= 0.6 is 0 Å². The molecule has 0 saturated carbocycles. The van der Waals surface area contributed by atoms with Gasteiger partial charge in [0.2, 0.25) is 5.91 Å². The van der Waals surface area contributed by atoms with Gasteiger partial charge in [-0.2, -0.15) is 0 Å². The maximum Gasteiger partial charge on any atom is 0.227 e. The quantitative estimate of drug-likeness (QED) is 0.780. The summed E-state index contributed by atoms with van der Waals surface area (Å²) in [6.07, 6.45) is 0.929. The molecule has 110 valence electrons. The van der Waals surface area contributed by atoms with Crippen LogP contribution in [0.5, 0.6) is 0 Å². The number of anilines is 1. The predicted molar refractivity (Wildman–Crippen MR) is 86.4 cm³/mol. The first-order chi connectivity index (χ1) is 9.09. The van der Waals surface area contributed by atoms with E-state index in [9.17, 15) is 4.79 Å². The van der Waals surface area contributed by atoms with Crippen LogP contribution in [0.15, 0.2) is 30.3 Å². The highest BCUT2D eigenvalue weighted by Crippen LogP contribution is 2.14. The monoisotopic (exact) mass is 265 g/mol. The van der Waals surface area contributed by atoms with E-state index in [-0.39, 0.29) is 11.8 Å². The predicted octanol–water partition coefficient (Wildman–Crippen LogP) is 5.36. The molecule has 0 aliphatic carbocycles. The molecule has 2 heteroatoms. The van der Waals surface area contributed by atoms with Gasteiger partial charge in [0.15, 0.2) is 0 Å². The summed E-state index contributed by atoms with van der Waals surface area (Å²) in [6.45, 7) is 14.2. The molecular formula is C17H31NO. The Morgan fingerprint density at radius 3 is 1.89 bits per heavy atom. The van der Waals surface area contributed by atoms with Crippen molar-refractivity contribution in [3.05, 3.63) is 30.3 Å². The second-order valence-corrected chi connectivity index (χ2v) is 4.39. The van der Waals surface area contributed by atoms with Crippen LogP contribution in [0.4, 0.5) is 5.69 Å². The van der Waals surface area contributed by atoms with Crippen molar-refractivity contribution in [3.8, 4) is 0 Å². The van der Waals surface area contributed by atoms with Gasteiger partial charge in [0.25, 0.3) is 0 Å². The number of benzene rings is 1. The maximum absolute atomic E-state index is 11.7. The summed E-state index contributed by atoms with van der Waals surface area (Å²) in [6, 6.07) is 9.58. The summed E-state index contributed by atoms with van der Waals surface area (Å²) in [5.74, 6) is 0.738. The SMILES string of the molecule is CC.CC.CC(C)CC(C)C(=O)Nc1ccccc1. The van der Waals surface area contributed by atoms with Crippen molar-refractivity contribution in [2.45, 2.75) is 54.9 Å². The molecule has 1 atom stereocenters. The van der Waals surface area contributed by atoms with Crippen molar-refractivity contribution in [2.75, 3.05) is 5.32 Å². The zero-order chi connectivity index (χ0) is 15.3. The van der Waals surface area contributed by atoms with Crippen LogP contribution in [-0.4, -0.2) is 5.91 Å². The Hall–Kier alpha value is -1.31. The first kappa shape index (κ1) is 20.0. The van der Waals surface area contributed by atoms with Gasteiger partial charge in [0.1, 0.15) is 0 Å². The summed E-state index contributed by atoms with van der Waals surface area (Å²) in [7, 11) is 0. The van der Waals surface area contributed by atoms with Crippen LogP contribution in [0.3, 0.4) is 0 Å². The fourth-order valence-corrected chi connectivity index (χ4v) is 1.60. The fourth-order valence-electron chi connectivity index (χ4n) is 1.60. The molecule has 0 bridgehead atoms. The third-order valence-electron chi connectivity index (χ3n) is 2.31. The van der Waals surface area contributed by atoms with Gasteiger partial charge >= 0.3 is 0 Å². The highest BCUT2D eigenvalue weighted by atomic mass is 16.1. The van der Waals surface area contributed by atoms with Gasteiger partial charge in [-0.1, -0.05) is 66.7 Å². The van der Waals surface area contributed by atoms with E-state index in [0.717, 1.165) is 12.1 Å². The first-order valence-corrected chi connectivity index (χ1v) is 7.45. The highest BCUT2D eigenvalue weighted by Gasteiger charge is 2.13. The lowest BCUT2D eigenvalue weighted by atomic mass is 9.98.